The minimum Gasteiger partial charge on any atom is -0.462 e. The fourth-order valence-electron chi connectivity index (χ4n) is 1.90. The number of ether oxygens (including phenoxy) is 1. The highest BCUT2D eigenvalue weighted by Gasteiger charge is 2.08. The molecule has 0 saturated carbocycles. The van der Waals surface area contributed by atoms with Gasteiger partial charge in [-0.3, -0.25) is 4.79 Å². The number of halogens is 1. The molecule has 2 aromatic rings. The molecular formula is C16H16FNO3. The van der Waals surface area contributed by atoms with Crippen molar-refractivity contribution in [3.8, 4) is 0 Å². The molecule has 1 heterocycles. The number of esters is 1. The maximum absolute atomic E-state index is 13.2. The van der Waals surface area contributed by atoms with Gasteiger partial charge in [-0.25, -0.2) is 9.18 Å². The molecule has 1 aromatic heterocycles. The van der Waals surface area contributed by atoms with Gasteiger partial charge in [0.1, 0.15) is 5.82 Å². The number of benzene rings is 1. The number of aromatic nitrogens is 1. The molecule has 0 saturated heterocycles. The van der Waals surface area contributed by atoms with E-state index in [0.717, 1.165) is 24.2 Å². The minimum absolute atomic E-state index is 0.200. The quantitative estimate of drug-likeness (QED) is 0.795. The van der Waals surface area contributed by atoms with Crippen LogP contribution in [0.25, 0.3) is 0 Å². The van der Waals surface area contributed by atoms with E-state index >= 15 is 0 Å². The molecule has 0 amide bonds. The second-order valence-electron chi connectivity index (χ2n) is 4.65. The summed E-state index contributed by atoms with van der Waals surface area (Å²) in [7, 11) is 0. The number of carbonyl (C=O) groups is 1. The molecule has 110 valence electrons. The van der Waals surface area contributed by atoms with Gasteiger partial charge in [0.05, 0.1) is 18.7 Å². The molecule has 0 bridgehead atoms. The number of rotatable bonds is 5. The van der Waals surface area contributed by atoms with Crippen molar-refractivity contribution < 1.29 is 13.9 Å². The Labute approximate surface area is 121 Å². The molecule has 0 N–H and O–H groups in total. The number of nitrogens with zero attached hydrogens (tertiary/aromatic N) is 1. The lowest BCUT2D eigenvalue weighted by atomic mass is 10.1. The number of carbonyl (C=O) groups excluding carboxylic acids is 1. The Balaban J connectivity index is 2.19. The zero-order valence-corrected chi connectivity index (χ0v) is 11.7. The average molecular weight is 289 g/mol. The lowest BCUT2D eigenvalue weighted by molar-refractivity contribution is 0.0505. The largest absolute Gasteiger partial charge is 0.462 e. The summed E-state index contributed by atoms with van der Waals surface area (Å²) < 4.78 is 19.5. The molecule has 0 atom stereocenters. The fourth-order valence-corrected chi connectivity index (χ4v) is 1.90. The van der Waals surface area contributed by atoms with E-state index in [1.54, 1.807) is 24.3 Å². The van der Waals surface area contributed by atoms with Crippen LogP contribution in [-0.4, -0.2) is 17.1 Å². The van der Waals surface area contributed by atoms with Crippen LogP contribution >= 0.6 is 0 Å². The molecule has 0 aliphatic rings. The Bertz CT molecular complexity index is 694. The molecule has 4 nitrogen and oxygen atoms in total. The van der Waals surface area contributed by atoms with E-state index in [9.17, 15) is 14.0 Å². The molecule has 2 rings (SSSR count). The predicted molar refractivity (Wildman–Crippen MR) is 76.8 cm³/mol. The van der Waals surface area contributed by atoms with E-state index in [1.165, 1.54) is 10.6 Å². The van der Waals surface area contributed by atoms with Crippen molar-refractivity contribution in [3.05, 3.63) is 69.9 Å². The Kier molecular flexibility index (Phi) is 4.87. The monoisotopic (exact) mass is 289 g/mol. The van der Waals surface area contributed by atoms with E-state index in [1.807, 2.05) is 6.92 Å². The van der Waals surface area contributed by atoms with Crippen LogP contribution in [0, 0.1) is 5.82 Å². The van der Waals surface area contributed by atoms with Crippen LogP contribution in [0.3, 0.4) is 0 Å². The molecule has 21 heavy (non-hydrogen) atoms. The molecule has 0 spiro atoms. The van der Waals surface area contributed by atoms with Gasteiger partial charge in [-0.15, -0.1) is 0 Å². The summed E-state index contributed by atoms with van der Waals surface area (Å²) in [5.41, 5.74) is 0.856. The van der Waals surface area contributed by atoms with Crippen LogP contribution in [0.1, 0.15) is 29.3 Å². The Morgan fingerprint density at radius 3 is 2.86 bits per heavy atom. The van der Waals surface area contributed by atoms with Gasteiger partial charge in [0, 0.05) is 12.3 Å². The summed E-state index contributed by atoms with van der Waals surface area (Å²) in [5.74, 6) is -0.876. The van der Waals surface area contributed by atoms with Crippen LogP contribution in [0.4, 0.5) is 4.39 Å². The average Bonchev–Trinajstić information content (AvgIpc) is 2.49. The second kappa shape index (κ2) is 6.83. The van der Waals surface area contributed by atoms with E-state index in [-0.39, 0.29) is 12.1 Å². The minimum atomic E-state index is -0.479. The van der Waals surface area contributed by atoms with E-state index in [0.29, 0.717) is 12.2 Å². The van der Waals surface area contributed by atoms with Crippen molar-refractivity contribution in [3.63, 3.8) is 0 Å². The summed E-state index contributed by atoms with van der Waals surface area (Å²) in [6.45, 7) is 2.48. The van der Waals surface area contributed by atoms with Gasteiger partial charge in [-0.1, -0.05) is 19.1 Å². The highest BCUT2D eigenvalue weighted by atomic mass is 19.1. The molecular weight excluding hydrogens is 273 g/mol. The van der Waals surface area contributed by atoms with E-state index < -0.39 is 11.8 Å². The lowest BCUT2D eigenvalue weighted by Crippen LogP contribution is -2.19. The van der Waals surface area contributed by atoms with E-state index in [4.69, 9.17) is 4.74 Å². The Morgan fingerprint density at radius 2 is 2.10 bits per heavy atom. The van der Waals surface area contributed by atoms with Crippen molar-refractivity contribution in [2.45, 2.75) is 19.9 Å². The van der Waals surface area contributed by atoms with Gasteiger partial charge in [0.15, 0.2) is 0 Å². The van der Waals surface area contributed by atoms with Crippen molar-refractivity contribution in [1.29, 1.82) is 0 Å². The van der Waals surface area contributed by atoms with Gasteiger partial charge in [0.25, 0.3) is 5.56 Å². The molecule has 0 unspecified atom stereocenters. The van der Waals surface area contributed by atoms with Crippen molar-refractivity contribution >= 4 is 5.97 Å². The van der Waals surface area contributed by atoms with Gasteiger partial charge >= 0.3 is 5.97 Å². The molecule has 0 aliphatic carbocycles. The Morgan fingerprint density at radius 1 is 1.29 bits per heavy atom. The topological polar surface area (TPSA) is 48.3 Å². The summed E-state index contributed by atoms with van der Waals surface area (Å²) >= 11 is 0. The summed E-state index contributed by atoms with van der Waals surface area (Å²) in [6.07, 6.45) is 1.90. The Hall–Kier alpha value is -2.43. The summed E-state index contributed by atoms with van der Waals surface area (Å²) in [6, 6.07) is 9.08. The van der Waals surface area contributed by atoms with Crippen molar-refractivity contribution in [1.82, 2.24) is 4.57 Å². The molecule has 1 aromatic carbocycles. The highest BCUT2D eigenvalue weighted by molar-refractivity contribution is 5.89. The van der Waals surface area contributed by atoms with Gasteiger partial charge in [-0.05, 0) is 30.2 Å². The SMILES string of the molecule is CCCOC(=O)c1cccc(Cn2cc(F)ccc2=O)c1. The molecule has 0 radical (unpaired) electrons. The maximum atomic E-state index is 13.2. The van der Waals surface area contributed by atoms with Crippen LogP contribution in [0.15, 0.2) is 47.4 Å². The lowest BCUT2D eigenvalue weighted by Gasteiger charge is -2.08. The molecule has 5 heteroatoms. The van der Waals surface area contributed by atoms with Crippen LogP contribution in [0.5, 0.6) is 0 Å². The third kappa shape index (κ3) is 4.02. The molecule has 0 fully saturated rings. The number of hydrogen-bond donors (Lipinski definition) is 0. The predicted octanol–water partition coefficient (Wildman–Crippen LogP) is 2.60. The third-order valence-electron chi connectivity index (χ3n) is 2.90. The standard InChI is InChI=1S/C16H16FNO3/c1-2-8-21-16(20)13-5-3-4-12(9-13)10-18-11-14(17)6-7-15(18)19/h3-7,9,11H,2,8,10H2,1H3. The fraction of sp³-hybridized carbons (Fsp3) is 0.250. The zero-order valence-electron chi connectivity index (χ0n) is 11.7. The van der Waals surface area contributed by atoms with Gasteiger partial charge in [0.2, 0.25) is 0 Å². The summed E-state index contributed by atoms with van der Waals surface area (Å²) in [4.78, 5) is 23.4. The maximum Gasteiger partial charge on any atom is 0.338 e. The van der Waals surface area contributed by atoms with Gasteiger partial charge < -0.3 is 9.30 Å². The smallest absolute Gasteiger partial charge is 0.338 e. The van der Waals surface area contributed by atoms with Crippen molar-refractivity contribution in [2.75, 3.05) is 6.61 Å². The van der Waals surface area contributed by atoms with Crippen LogP contribution in [0.2, 0.25) is 0 Å². The first-order valence-corrected chi connectivity index (χ1v) is 6.72. The third-order valence-corrected chi connectivity index (χ3v) is 2.90. The summed E-state index contributed by atoms with van der Waals surface area (Å²) in [5, 5.41) is 0. The van der Waals surface area contributed by atoms with Gasteiger partial charge in [-0.2, -0.15) is 0 Å². The van der Waals surface area contributed by atoms with Crippen molar-refractivity contribution in [2.24, 2.45) is 0 Å². The first-order chi connectivity index (χ1) is 10.1. The first-order valence-electron chi connectivity index (χ1n) is 6.72. The highest BCUT2D eigenvalue weighted by Crippen LogP contribution is 2.08. The van der Waals surface area contributed by atoms with Crippen LogP contribution in [-0.2, 0) is 11.3 Å². The van der Waals surface area contributed by atoms with Crippen LogP contribution < -0.4 is 5.56 Å². The normalized spacial score (nSPS) is 10.4. The first kappa shape index (κ1) is 15.0. The number of pyridine rings is 1. The molecule has 0 aliphatic heterocycles. The second-order valence-corrected chi connectivity index (χ2v) is 4.65. The zero-order chi connectivity index (χ0) is 15.2. The van der Waals surface area contributed by atoms with E-state index in [2.05, 4.69) is 0 Å². The number of hydrogen-bond acceptors (Lipinski definition) is 3.